The van der Waals surface area contributed by atoms with Crippen LogP contribution in [-0.2, 0) is 4.79 Å². The first-order valence-corrected chi connectivity index (χ1v) is 7.24. The lowest BCUT2D eigenvalue weighted by molar-refractivity contribution is -0.148. The van der Waals surface area contributed by atoms with E-state index in [1.807, 2.05) is 18.7 Å². The van der Waals surface area contributed by atoms with E-state index in [0.717, 1.165) is 6.42 Å². The van der Waals surface area contributed by atoms with Gasteiger partial charge >= 0.3 is 12.1 Å². The second-order valence-electron chi connectivity index (χ2n) is 5.91. The first-order valence-electron chi connectivity index (χ1n) is 7.24. The van der Waals surface area contributed by atoms with Crippen LogP contribution in [0.4, 0.5) is 13.2 Å². The van der Waals surface area contributed by atoms with Crippen molar-refractivity contribution in [2.24, 2.45) is 5.41 Å². The minimum absolute atomic E-state index is 0.00966. The fourth-order valence-electron chi connectivity index (χ4n) is 3.03. The summed E-state index contributed by atoms with van der Waals surface area (Å²) < 4.78 is 36.4. The second kappa shape index (κ2) is 6.78. The van der Waals surface area contributed by atoms with Crippen LogP contribution in [0.15, 0.2) is 0 Å². The van der Waals surface area contributed by atoms with Gasteiger partial charge in [0.1, 0.15) is 0 Å². The zero-order valence-corrected chi connectivity index (χ0v) is 12.2. The van der Waals surface area contributed by atoms with Gasteiger partial charge in [0.15, 0.2) is 0 Å². The third-order valence-corrected chi connectivity index (χ3v) is 4.27. The quantitative estimate of drug-likeness (QED) is 0.779. The highest BCUT2D eigenvalue weighted by molar-refractivity contribution is 5.75. The number of carboxylic acid groups (broad SMARTS) is 1. The molecular formula is C14H24F3NO2. The molecule has 2 unspecified atom stereocenters. The Balaban J connectivity index is 2.47. The fourth-order valence-corrected chi connectivity index (χ4v) is 3.03. The van der Waals surface area contributed by atoms with Gasteiger partial charge in [-0.15, -0.1) is 0 Å². The van der Waals surface area contributed by atoms with Crippen molar-refractivity contribution in [3.05, 3.63) is 0 Å². The van der Waals surface area contributed by atoms with Gasteiger partial charge in [0, 0.05) is 19.0 Å². The van der Waals surface area contributed by atoms with Crippen LogP contribution in [0.5, 0.6) is 0 Å². The number of hydrogen-bond donors (Lipinski definition) is 1. The summed E-state index contributed by atoms with van der Waals surface area (Å²) >= 11 is 0. The molecule has 1 fully saturated rings. The van der Waals surface area contributed by atoms with Gasteiger partial charge in [-0.3, -0.25) is 9.69 Å². The Morgan fingerprint density at radius 1 is 1.45 bits per heavy atom. The molecule has 0 aromatic carbocycles. The van der Waals surface area contributed by atoms with Crippen molar-refractivity contribution in [3.63, 3.8) is 0 Å². The van der Waals surface area contributed by atoms with Crippen LogP contribution in [0, 0.1) is 5.41 Å². The van der Waals surface area contributed by atoms with Crippen LogP contribution < -0.4 is 0 Å². The molecule has 0 amide bonds. The van der Waals surface area contributed by atoms with E-state index in [1.165, 1.54) is 0 Å². The van der Waals surface area contributed by atoms with Gasteiger partial charge < -0.3 is 5.11 Å². The highest BCUT2D eigenvalue weighted by Gasteiger charge is 2.44. The van der Waals surface area contributed by atoms with Gasteiger partial charge in [0.25, 0.3) is 0 Å². The van der Waals surface area contributed by atoms with Gasteiger partial charge in [-0.1, -0.05) is 13.3 Å². The second-order valence-corrected chi connectivity index (χ2v) is 5.91. The fraction of sp³-hybridized carbons (Fsp3) is 0.929. The Kier molecular flexibility index (Phi) is 5.86. The smallest absolute Gasteiger partial charge is 0.389 e. The molecular weight excluding hydrogens is 271 g/mol. The molecule has 0 spiro atoms. The molecule has 1 aliphatic heterocycles. The molecule has 118 valence electrons. The van der Waals surface area contributed by atoms with Crippen LogP contribution in [0.2, 0.25) is 0 Å². The molecule has 2 atom stereocenters. The number of likely N-dealkylation sites (tertiary alicyclic amines) is 1. The minimum Gasteiger partial charge on any atom is -0.481 e. The van der Waals surface area contributed by atoms with Gasteiger partial charge in [-0.05, 0) is 39.2 Å². The first-order chi connectivity index (χ1) is 9.20. The molecule has 1 saturated heterocycles. The Morgan fingerprint density at radius 3 is 2.60 bits per heavy atom. The average Bonchev–Trinajstić information content (AvgIpc) is 2.73. The zero-order chi connectivity index (χ0) is 15.4. The molecule has 1 rings (SSSR count). The number of nitrogens with zero attached hydrogens (tertiary/aromatic N) is 1. The van der Waals surface area contributed by atoms with Gasteiger partial charge in [-0.2, -0.15) is 13.2 Å². The Labute approximate surface area is 118 Å². The number of carboxylic acids is 1. The van der Waals surface area contributed by atoms with Gasteiger partial charge in [0.05, 0.1) is 5.41 Å². The summed E-state index contributed by atoms with van der Waals surface area (Å²) in [7, 11) is 0. The summed E-state index contributed by atoms with van der Waals surface area (Å²) in [6.45, 7) is 4.98. The molecule has 0 bridgehead atoms. The molecule has 0 aromatic rings. The van der Waals surface area contributed by atoms with E-state index in [2.05, 4.69) is 0 Å². The third-order valence-electron chi connectivity index (χ3n) is 4.27. The van der Waals surface area contributed by atoms with Gasteiger partial charge in [-0.25, -0.2) is 0 Å². The maximum Gasteiger partial charge on any atom is 0.389 e. The standard InChI is InChI=1S/C14H24F3NO2/c1-3-6-13(12(19)20)8-9-18(10-13)11(2)5-4-7-14(15,16)17/h11H,3-10H2,1-2H3,(H,19,20). The molecule has 0 aliphatic carbocycles. The SMILES string of the molecule is CCCC1(C(=O)O)CCN(C(C)CCCC(F)(F)F)C1. The van der Waals surface area contributed by atoms with E-state index >= 15 is 0 Å². The van der Waals surface area contributed by atoms with Crippen LogP contribution in [0.25, 0.3) is 0 Å². The summed E-state index contributed by atoms with van der Waals surface area (Å²) in [5.41, 5.74) is -0.701. The van der Waals surface area contributed by atoms with Gasteiger partial charge in [0.2, 0.25) is 0 Å². The van der Waals surface area contributed by atoms with E-state index in [-0.39, 0.29) is 12.5 Å². The molecule has 0 saturated carbocycles. The van der Waals surface area contributed by atoms with E-state index < -0.39 is 24.0 Å². The number of carbonyl (C=O) groups is 1. The van der Waals surface area contributed by atoms with Crippen molar-refractivity contribution >= 4 is 5.97 Å². The average molecular weight is 295 g/mol. The van der Waals surface area contributed by atoms with Crippen molar-refractivity contribution < 1.29 is 23.1 Å². The third kappa shape index (κ3) is 4.65. The van der Waals surface area contributed by atoms with Crippen molar-refractivity contribution in [1.82, 2.24) is 4.90 Å². The van der Waals surface area contributed by atoms with Crippen molar-refractivity contribution in [2.45, 2.75) is 64.6 Å². The zero-order valence-electron chi connectivity index (χ0n) is 12.2. The van der Waals surface area contributed by atoms with E-state index in [9.17, 15) is 23.1 Å². The topological polar surface area (TPSA) is 40.5 Å². The van der Waals surface area contributed by atoms with Crippen LogP contribution in [-0.4, -0.2) is 41.3 Å². The summed E-state index contributed by atoms with van der Waals surface area (Å²) in [5, 5.41) is 9.40. The number of aliphatic carboxylic acids is 1. The van der Waals surface area contributed by atoms with E-state index in [0.29, 0.717) is 32.4 Å². The molecule has 0 aromatic heterocycles. The lowest BCUT2D eigenvalue weighted by atomic mass is 9.82. The Bertz CT molecular complexity index is 333. The summed E-state index contributed by atoms with van der Waals surface area (Å²) in [5.74, 6) is -0.774. The van der Waals surface area contributed by atoms with Crippen molar-refractivity contribution in [2.75, 3.05) is 13.1 Å². The minimum atomic E-state index is -4.10. The molecule has 1 aliphatic rings. The monoisotopic (exact) mass is 295 g/mol. The highest BCUT2D eigenvalue weighted by Crippen LogP contribution is 2.37. The van der Waals surface area contributed by atoms with Crippen LogP contribution in [0.3, 0.4) is 0 Å². The molecule has 6 heteroatoms. The maximum atomic E-state index is 12.1. The number of rotatable bonds is 7. The van der Waals surface area contributed by atoms with Crippen LogP contribution in [0.1, 0.15) is 52.4 Å². The lowest BCUT2D eigenvalue weighted by Gasteiger charge is -2.28. The molecule has 3 nitrogen and oxygen atoms in total. The van der Waals surface area contributed by atoms with Crippen molar-refractivity contribution in [1.29, 1.82) is 0 Å². The normalized spacial score (nSPS) is 25.9. The predicted molar refractivity (Wildman–Crippen MR) is 70.5 cm³/mol. The lowest BCUT2D eigenvalue weighted by Crippen LogP contribution is -2.38. The molecule has 20 heavy (non-hydrogen) atoms. The van der Waals surface area contributed by atoms with Crippen molar-refractivity contribution in [3.8, 4) is 0 Å². The molecule has 1 heterocycles. The Hall–Kier alpha value is -0.780. The van der Waals surface area contributed by atoms with Crippen LogP contribution >= 0.6 is 0 Å². The van der Waals surface area contributed by atoms with E-state index in [4.69, 9.17) is 0 Å². The summed E-state index contributed by atoms with van der Waals surface area (Å²) in [4.78, 5) is 13.5. The molecule has 1 N–H and O–H groups in total. The first kappa shape index (κ1) is 17.3. The number of hydrogen-bond acceptors (Lipinski definition) is 2. The summed E-state index contributed by atoms with van der Waals surface area (Å²) in [6, 6.07) is 0.00966. The summed E-state index contributed by atoms with van der Waals surface area (Å²) in [6.07, 6.45) is -2.26. The van der Waals surface area contributed by atoms with E-state index in [1.54, 1.807) is 0 Å². The molecule has 0 radical (unpaired) electrons. The number of alkyl halides is 3. The highest BCUT2D eigenvalue weighted by atomic mass is 19.4. The predicted octanol–water partition coefficient (Wildman–Crippen LogP) is 3.68. The largest absolute Gasteiger partial charge is 0.481 e. The number of halogens is 3. The maximum absolute atomic E-state index is 12.1. The Morgan fingerprint density at radius 2 is 2.10 bits per heavy atom.